The Hall–Kier alpha value is -0.930. The Bertz CT molecular complexity index is 446. The van der Waals surface area contributed by atoms with Crippen molar-refractivity contribution < 1.29 is 4.74 Å². The van der Waals surface area contributed by atoms with Crippen LogP contribution in [0.4, 0.5) is 5.69 Å². The highest BCUT2D eigenvalue weighted by Gasteiger charge is 2.25. The van der Waals surface area contributed by atoms with Crippen LogP contribution >= 0.6 is 12.4 Å². The fraction of sp³-hybridized carbons (Fsp3) is 0.625. The number of hydrogen-bond acceptors (Lipinski definition) is 3. The zero-order valence-corrected chi connectivity index (χ0v) is 13.2. The van der Waals surface area contributed by atoms with Crippen LogP contribution in [0.25, 0.3) is 0 Å². The molecule has 3 rings (SSSR count). The molecular weight excluding hydrogens is 272 g/mol. The normalized spacial score (nSPS) is 22.7. The minimum absolute atomic E-state index is 0. The molecule has 0 aromatic heterocycles. The molecule has 1 saturated heterocycles. The number of aryl methyl sites for hydroxylation is 1. The predicted molar refractivity (Wildman–Crippen MR) is 86.3 cm³/mol. The number of piperidine rings is 1. The number of benzene rings is 1. The van der Waals surface area contributed by atoms with Crippen LogP contribution in [0.2, 0.25) is 0 Å². The molecule has 4 heteroatoms. The summed E-state index contributed by atoms with van der Waals surface area (Å²) in [7, 11) is 0. The molecule has 1 aromatic carbocycles. The van der Waals surface area contributed by atoms with Gasteiger partial charge in [0.15, 0.2) is 0 Å². The topological polar surface area (TPSA) is 24.5 Å². The van der Waals surface area contributed by atoms with Crippen molar-refractivity contribution in [2.45, 2.75) is 32.8 Å². The quantitative estimate of drug-likeness (QED) is 0.908. The van der Waals surface area contributed by atoms with Gasteiger partial charge in [0.05, 0.1) is 12.2 Å². The van der Waals surface area contributed by atoms with Crippen molar-refractivity contribution in [1.29, 1.82) is 0 Å². The zero-order chi connectivity index (χ0) is 13.2. The average molecular weight is 297 g/mol. The molecule has 0 spiro atoms. The summed E-state index contributed by atoms with van der Waals surface area (Å²) >= 11 is 0. The molecule has 1 fully saturated rings. The minimum Gasteiger partial charge on any atom is -0.487 e. The van der Waals surface area contributed by atoms with Crippen molar-refractivity contribution in [2.75, 3.05) is 31.1 Å². The molecule has 3 nitrogen and oxygen atoms in total. The number of rotatable bonds is 2. The van der Waals surface area contributed by atoms with Crippen LogP contribution in [0.15, 0.2) is 18.2 Å². The van der Waals surface area contributed by atoms with Crippen LogP contribution in [0.5, 0.6) is 5.75 Å². The first-order valence-corrected chi connectivity index (χ1v) is 7.45. The fourth-order valence-corrected chi connectivity index (χ4v) is 3.19. The van der Waals surface area contributed by atoms with Gasteiger partial charge in [-0.2, -0.15) is 0 Å². The van der Waals surface area contributed by atoms with Crippen molar-refractivity contribution >= 4 is 18.1 Å². The summed E-state index contributed by atoms with van der Waals surface area (Å²) in [5.41, 5.74) is 2.60. The van der Waals surface area contributed by atoms with E-state index in [9.17, 15) is 0 Å². The van der Waals surface area contributed by atoms with E-state index in [1.54, 1.807) is 0 Å². The second-order valence-electron chi connectivity index (χ2n) is 6.00. The molecular formula is C16H25ClN2O. The fourth-order valence-electron chi connectivity index (χ4n) is 3.19. The van der Waals surface area contributed by atoms with Gasteiger partial charge in [0.25, 0.3) is 0 Å². The van der Waals surface area contributed by atoms with E-state index in [1.165, 1.54) is 43.7 Å². The highest BCUT2D eigenvalue weighted by Crippen LogP contribution is 2.35. The van der Waals surface area contributed by atoms with E-state index in [0.717, 1.165) is 18.2 Å². The molecule has 1 aromatic rings. The molecule has 112 valence electrons. The Labute approximate surface area is 128 Å². The van der Waals surface area contributed by atoms with E-state index in [2.05, 4.69) is 42.3 Å². The molecule has 1 atom stereocenters. The smallest absolute Gasteiger partial charge is 0.143 e. The molecule has 2 aliphatic rings. The van der Waals surface area contributed by atoms with Crippen LogP contribution in [0.1, 0.15) is 25.3 Å². The number of nitrogens with one attached hydrogen (secondary N) is 1. The molecule has 2 aliphatic heterocycles. The highest BCUT2D eigenvalue weighted by atomic mass is 35.5. The summed E-state index contributed by atoms with van der Waals surface area (Å²) in [6.45, 7) is 8.85. The third-order valence-corrected chi connectivity index (χ3v) is 4.20. The molecule has 0 bridgehead atoms. The lowest BCUT2D eigenvalue weighted by Gasteiger charge is -2.38. The maximum Gasteiger partial charge on any atom is 0.143 e. The summed E-state index contributed by atoms with van der Waals surface area (Å²) in [4.78, 5) is 2.53. The van der Waals surface area contributed by atoms with E-state index in [-0.39, 0.29) is 18.5 Å². The van der Waals surface area contributed by atoms with Gasteiger partial charge in [-0.15, -0.1) is 12.4 Å². The number of fused-ring (bicyclic) bond motifs is 1. The van der Waals surface area contributed by atoms with Crippen molar-refractivity contribution in [3.8, 4) is 5.75 Å². The van der Waals surface area contributed by atoms with Crippen molar-refractivity contribution in [3.05, 3.63) is 23.8 Å². The lowest BCUT2D eigenvalue weighted by molar-refractivity contribution is 0.208. The Morgan fingerprint density at radius 2 is 2.05 bits per heavy atom. The molecule has 1 N–H and O–H groups in total. The summed E-state index contributed by atoms with van der Waals surface area (Å²) in [5.74, 6) is 1.87. The first kappa shape index (κ1) is 15.5. The number of halogens is 1. The zero-order valence-electron chi connectivity index (χ0n) is 12.4. The maximum atomic E-state index is 5.95. The van der Waals surface area contributed by atoms with E-state index >= 15 is 0 Å². The lowest BCUT2D eigenvalue weighted by atomic mass is 9.96. The lowest BCUT2D eigenvalue weighted by Crippen LogP contribution is -2.43. The first-order valence-electron chi connectivity index (χ1n) is 7.45. The standard InChI is InChI=1S/C16H24N2O.ClH/c1-12-3-4-16-15(9-12)18(10-13(2)19-16)11-14-5-7-17-8-6-14;/h3-4,9,13-14,17H,5-8,10-11H2,1-2H3;1H. The number of ether oxygens (including phenoxy) is 1. The highest BCUT2D eigenvalue weighted by molar-refractivity contribution is 5.85. The maximum absolute atomic E-state index is 5.95. The third-order valence-electron chi connectivity index (χ3n) is 4.20. The Balaban J connectivity index is 0.00000147. The number of hydrogen-bond donors (Lipinski definition) is 1. The van der Waals surface area contributed by atoms with Crippen LogP contribution in [-0.4, -0.2) is 32.3 Å². The van der Waals surface area contributed by atoms with Gasteiger partial charge in [0, 0.05) is 6.54 Å². The first-order chi connectivity index (χ1) is 9.22. The Kier molecular flexibility index (Phi) is 5.17. The van der Waals surface area contributed by atoms with Crippen molar-refractivity contribution in [2.24, 2.45) is 5.92 Å². The molecule has 2 heterocycles. The van der Waals surface area contributed by atoms with E-state index in [0.29, 0.717) is 0 Å². The largest absolute Gasteiger partial charge is 0.487 e. The average Bonchev–Trinajstić information content (AvgIpc) is 2.41. The molecule has 20 heavy (non-hydrogen) atoms. The summed E-state index contributed by atoms with van der Waals surface area (Å²) in [6, 6.07) is 6.53. The van der Waals surface area contributed by atoms with Gasteiger partial charge < -0.3 is 15.0 Å². The van der Waals surface area contributed by atoms with Gasteiger partial charge in [0.1, 0.15) is 11.9 Å². The molecule has 0 radical (unpaired) electrons. The molecule has 0 amide bonds. The van der Waals surface area contributed by atoms with E-state index in [1.807, 2.05) is 0 Å². The van der Waals surface area contributed by atoms with Gasteiger partial charge in [-0.25, -0.2) is 0 Å². The SMILES string of the molecule is Cc1ccc2c(c1)N(CC1CCNCC1)CC(C)O2.Cl. The Morgan fingerprint density at radius 1 is 1.30 bits per heavy atom. The van der Waals surface area contributed by atoms with Crippen LogP contribution in [-0.2, 0) is 0 Å². The summed E-state index contributed by atoms with van der Waals surface area (Å²) < 4.78 is 5.95. The number of anilines is 1. The van der Waals surface area contributed by atoms with Crippen LogP contribution in [0, 0.1) is 12.8 Å². The summed E-state index contributed by atoms with van der Waals surface area (Å²) in [5, 5.41) is 3.45. The predicted octanol–water partition coefficient (Wildman–Crippen LogP) is 3.00. The minimum atomic E-state index is 0. The van der Waals surface area contributed by atoms with Gasteiger partial charge >= 0.3 is 0 Å². The van der Waals surface area contributed by atoms with Crippen LogP contribution in [0.3, 0.4) is 0 Å². The monoisotopic (exact) mass is 296 g/mol. The van der Waals surface area contributed by atoms with E-state index in [4.69, 9.17) is 4.74 Å². The van der Waals surface area contributed by atoms with E-state index < -0.39 is 0 Å². The number of nitrogens with zero attached hydrogens (tertiary/aromatic N) is 1. The van der Waals surface area contributed by atoms with Crippen molar-refractivity contribution in [1.82, 2.24) is 5.32 Å². The second kappa shape index (κ2) is 6.68. The molecule has 0 saturated carbocycles. The second-order valence-corrected chi connectivity index (χ2v) is 6.00. The van der Waals surface area contributed by atoms with Gasteiger partial charge in [-0.1, -0.05) is 6.07 Å². The molecule has 0 aliphatic carbocycles. The van der Waals surface area contributed by atoms with Gasteiger partial charge in [0.2, 0.25) is 0 Å². The van der Waals surface area contributed by atoms with Gasteiger partial charge in [-0.3, -0.25) is 0 Å². The van der Waals surface area contributed by atoms with Gasteiger partial charge in [-0.05, 0) is 63.4 Å². The van der Waals surface area contributed by atoms with Crippen molar-refractivity contribution in [3.63, 3.8) is 0 Å². The summed E-state index contributed by atoms with van der Waals surface area (Å²) in [6.07, 6.45) is 2.89. The van der Waals surface area contributed by atoms with Crippen LogP contribution < -0.4 is 15.0 Å². The molecule has 1 unspecified atom stereocenters. The third kappa shape index (κ3) is 3.39. The Morgan fingerprint density at radius 3 is 2.80 bits per heavy atom.